The molecule has 2 heterocycles. The third-order valence-corrected chi connectivity index (χ3v) is 6.26. The van der Waals surface area contributed by atoms with Gasteiger partial charge in [0.1, 0.15) is 5.01 Å². The van der Waals surface area contributed by atoms with Gasteiger partial charge < -0.3 is 15.5 Å². The summed E-state index contributed by atoms with van der Waals surface area (Å²) < 4.78 is 26.4. The van der Waals surface area contributed by atoms with E-state index in [2.05, 4.69) is 20.8 Å². The number of carbonyl (C=O) groups is 2. The van der Waals surface area contributed by atoms with Crippen molar-refractivity contribution < 1.29 is 18.4 Å². The summed E-state index contributed by atoms with van der Waals surface area (Å²) in [6.07, 6.45) is 1.51. The first-order valence-electron chi connectivity index (χ1n) is 10.1. The lowest BCUT2D eigenvalue weighted by Crippen LogP contribution is -2.34. The molecule has 0 aliphatic carbocycles. The van der Waals surface area contributed by atoms with Crippen molar-refractivity contribution in [3.8, 4) is 0 Å². The molecule has 7 nitrogen and oxygen atoms in total. The van der Waals surface area contributed by atoms with E-state index in [0.29, 0.717) is 18.0 Å². The van der Waals surface area contributed by atoms with Crippen molar-refractivity contribution in [3.05, 3.63) is 69.2 Å². The van der Waals surface area contributed by atoms with E-state index in [-0.39, 0.29) is 22.8 Å². The summed E-state index contributed by atoms with van der Waals surface area (Å²) in [5.41, 5.74) is 2.94. The summed E-state index contributed by atoms with van der Waals surface area (Å²) in [7, 11) is 0. The number of halogens is 2. The molecule has 1 saturated heterocycles. The first-order valence-corrected chi connectivity index (χ1v) is 10.9. The highest BCUT2D eigenvalue weighted by atomic mass is 32.1. The predicted octanol–water partition coefficient (Wildman–Crippen LogP) is 5.05. The van der Waals surface area contributed by atoms with E-state index in [1.165, 1.54) is 6.07 Å². The van der Waals surface area contributed by atoms with Gasteiger partial charge in [-0.15, -0.1) is 10.2 Å². The van der Waals surface area contributed by atoms with Gasteiger partial charge in [0.05, 0.1) is 6.04 Å². The van der Waals surface area contributed by atoms with Crippen LogP contribution in [0.25, 0.3) is 0 Å². The smallest absolute Gasteiger partial charge is 0.320 e. The van der Waals surface area contributed by atoms with Gasteiger partial charge in [0.2, 0.25) is 5.01 Å². The zero-order chi connectivity index (χ0) is 22.8. The van der Waals surface area contributed by atoms with E-state index in [4.69, 9.17) is 0 Å². The number of hydrogen-bond acceptors (Lipinski definition) is 5. The molecule has 10 heteroatoms. The van der Waals surface area contributed by atoms with E-state index < -0.39 is 17.5 Å². The molecule has 3 amide bonds. The third-order valence-electron chi connectivity index (χ3n) is 5.23. The van der Waals surface area contributed by atoms with Crippen LogP contribution in [0.15, 0.2) is 36.4 Å². The maximum absolute atomic E-state index is 13.4. The largest absolute Gasteiger partial charge is 0.322 e. The fourth-order valence-electron chi connectivity index (χ4n) is 3.63. The number of aromatic nitrogens is 2. The van der Waals surface area contributed by atoms with Crippen LogP contribution in [0.1, 0.15) is 44.8 Å². The lowest BCUT2D eigenvalue weighted by molar-refractivity contribution is 0.102. The molecule has 0 radical (unpaired) electrons. The second kappa shape index (κ2) is 8.99. The molecule has 1 aromatic heterocycles. The molecule has 1 fully saturated rings. The molecular formula is C22H21F2N5O2S. The zero-order valence-electron chi connectivity index (χ0n) is 17.5. The molecule has 1 unspecified atom stereocenters. The first-order chi connectivity index (χ1) is 15.3. The summed E-state index contributed by atoms with van der Waals surface area (Å²) in [5, 5.41) is 14.1. The molecule has 0 bridgehead atoms. The van der Waals surface area contributed by atoms with Gasteiger partial charge in [0.25, 0.3) is 5.91 Å². The monoisotopic (exact) mass is 457 g/mol. The van der Waals surface area contributed by atoms with Crippen LogP contribution in [-0.4, -0.2) is 33.6 Å². The zero-order valence-corrected chi connectivity index (χ0v) is 18.3. The van der Waals surface area contributed by atoms with Crippen LogP contribution >= 0.6 is 11.3 Å². The molecule has 0 spiro atoms. The van der Waals surface area contributed by atoms with Gasteiger partial charge in [-0.25, -0.2) is 13.6 Å². The molecule has 1 atom stereocenters. The Morgan fingerprint density at radius 2 is 1.88 bits per heavy atom. The Bertz CT molecular complexity index is 1180. The third kappa shape index (κ3) is 4.59. The van der Waals surface area contributed by atoms with Crippen molar-refractivity contribution in [1.29, 1.82) is 0 Å². The number of anilines is 2. The molecule has 2 aromatic carbocycles. The number of urea groups is 1. The van der Waals surface area contributed by atoms with Crippen molar-refractivity contribution in [2.24, 2.45) is 0 Å². The molecule has 32 heavy (non-hydrogen) atoms. The minimum absolute atomic E-state index is 0.0753. The molecule has 1 aliphatic heterocycles. The highest BCUT2D eigenvalue weighted by molar-refractivity contribution is 7.13. The molecule has 2 N–H and O–H groups in total. The molecule has 1 aliphatic rings. The van der Waals surface area contributed by atoms with Gasteiger partial charge in [0, 0.05) is 24.0 Å². The average molecular weight is 458 g/mol. The summed E-state index contributed by atoms with van der Waals surface area (Å²) in [4.78, 5) is 27.0. The number of nitrogens with zero attached hydrogens (tertiary/aromatic N) is 3. The van der Waals surface area contributed by atoms with Crippen molar-refractivity contribution in [2.45, 2.75) is 32.7 Å². The standard InChI is InChI=1S/C22H21F2N5O2S/c1-12-5-8-17(13(2)10-12)26-22(31)29-9-3-4-18(29)20-27-28-21(32-20)19(30)25-14-6-7-15(23)16(24)11-14/h5-8,10-11,18H,3-4,9H2,1-2H3,(H,25,30)(H,26,31). The van der Waals surface area contributed by atoms with Gasteiger partial charge in [0.15, 0.2) is 11.6 Å². The topological polar surface area (TPSA) is 87.2 Å². The van der Waals surface area contributed by atoms with Gasteiger partial charge in [-0.05, 0) is 50.5 Å². The van der Waals surface area contributed by atoms with E-state index in [0.717, 1.165) is 46.7 Å². The van der Waals surface area contributed by atoms with E-state index >= 15 is 0 Å². The van der Waals surface area contributed by atoms with Gasteiger partial charge in [-0.1, -0.05) is 29.0 Å². The summed E-state index contributed by atoms with van der Waals surface area (Å²) in [6, 6.07) is 8.37. The Hall–Kier alpha value is -3.40. The number of amides is 3. The average Bonchev–Trinajstić information content (AvgIpc) is 3.42. The molecule has 4 rings (SSSR count). The maximum Gasteiger partial charge on any atom is 0.322 e. The number of carbonyl (C=O) groups excluding carboxylic acids is 2. The number of hydrogen-bond donors (Lipinski definition) is 2. The number of rotatable bonds is 4. The van der Waals surface area contributed by atoms with Crippen LogP contribution in [0.3, 0.4) is 0 Å². The summed E-state index contributed by atoms with van der Waals surface area (Å²) >= 11 is 1.07. The van der Waals surface area contributed by atoms with Crippen LogP contribution in [0, 0.1) is 25.5 Å². The highest BCUT2D eigenvalue weighted by Crippen LogP contribution is 2.34. The maximum atomic E-state index is 13.4. The number of benzene rings is 2. The van der Waals surface area contributed by atoms with E-state index in [1.54, 1.807) is 4.90 Å². The van der Waals surface area contributed by atoms with Gasteiger partial charge >= 0.3 is 6.03 Å². The van der Waals surface area contributed by atoms with Crippen molar-refractivity contribution in [1.82, 2.24) is 15.1 Å². The minimum atomic E-state index is -1.06. The Morgan fingerprint density at radius 3 is 2.62 bits per heavy atom. The lowest BCUT2D eigenvalue weighted by atomic mass is 10.1. The SMILES string of the molecule is Cc1ccc(NC(=O)N2CCCC2c2nnc(C(=O)Nc3ccc(F)c(F)c3)s2)c(C)c1. The van der Waals surface area contributed by atoms with Crippen LogP contribution in [0.2, 0.25) is 0 Å². The van der Waals surface area contributed by atoms with Gasteiger partial charge in [-0.3, -0.25) is 4.79 Å². The van der Waals surface area contributed by atoms with E-state index in [1.807, 2.05) is 32.0 Å². The normalized spacial score (nSPS) is 15.6. The predicted molar refractivity (Wildman–Crippen MR) is 118 cm³/mol. The minimum Gasteiger partial charge on any atom is -0.320 e. The number of likely N-dealkylation sites (tertiary alicyclic amines) is 1. The van der Waals surface area contributed by atoms with Crippen LogP contribution in [0.4, 0.5) is 25.0 Å². The molecular weight excluding hydrogens is 436 g/mol. The Kier molecular flexibility index (Phi) is 6.13. The van der Waals surface area contributed by atoms with Crippen LogP contribution in [0.5, 0.6) is 0 Å². The first kappa shape index (κ1) is 21.8. The summed E-state index contributed by atoms with van der Waals surface area (Å²) in [6.45, 7) is 4.49. The van der Waals surface area contributed by atoms with Crippen LogP contribution in [-0.2, 0) is 0 Å². The highest BCUT2D eigenvalue weighted by Gasteiger charge is 2.33. The van der Waals surface area contributed by atoms with Crippen molar-refractivity contribution in [2.75, 3.05) is 17.2 Å². The van der Waals surface area contributed by atoms with Gasteiger partial charge in [-0.2, -0.15) is 0 Å². The number of nitrogens with one attached hydrogen (secondary N) is 2. The second-order valence-corrected chi connectivity index (χ2v) is 8.64. The number of aryl methyl sites for hydroxylation is 2. The second-order valence-electron chi connectivity index (χ2n) is 7.63. The van der Waals surface area contributed by atoms with Crippen LogP contribution < -0.4 is 10.6 Å². The van der Waals surface area contributed by atoms with Crippen molar-refractivity contribution >= 4 is 34.6 Å². The molecule has 166 valence electrons. The van der Waals surface area contributed by atoms with E-state index in [9.17, 15) is 18.4 Å². The lowest BCUT2D eigenvalue weighted by Gasteiger charge is -2.23. The Labute approximate surface area is 187 Å². The fraction of sp³-hybridized carbons (Fsp3) is 0.273. The summed E-state index contributed by atoms with van der Waals surface area (Å²) in [5.74, 6) is -2.64. The Balaban J connectivity index is 1.45. The van der Waals surface area contributed by atoms with Crippen molar-refractivity contribution in [3.63, 3.8) is 0 Å². The molecule has 0 saturated carbocycles. The molecule has 3 aromatic rings. The fourth-order valence-corrected chi connectivity index (χ4v) is 4.51. The quantitative estimate of drug-likeness (QED) is 0.574. The Morgan fingerprint density at radius 1 is 1.06 bits per heavy atom.